The Kier molecular flexibility index (Phi) is 3.49. The molecule has 1 unspecified atom stereocenters. The van der Waals surface area contributed by atoms with E-state index in [9.17, 15) is 0 Å². The molecule has 0 aliphatic heterocycles. The number of aromatic nitrogens is 1. The Balaban J connectivity index is 2.19. The summed E-state index contributed by atoms with van der Waals surface area (Å²) in [4.78, 5) is 4.27. The average molecular weight is 249 g/mol. The molecule has 5 heteroatoms. The van der Waals surface area contributed by atoms with Gasteiger partial charge in [-0.25, -0.2) is 4.98 Å². The first kappa shape index (κ1) is 11.7. The third-order valence-electron chi connectivity index (χ3n) is 2.48. The van der Waals surface area contributed by atoms with Gasteiger partial charge in [0.15, 0.2) is 0 Å². The van der Waals surface area contributed by atoms with E-state index in [2.05, 4.69) is 17.2 Å². The van der Waals surface area contributed by atoms with Gasteiger partial charge in [0.1, 0.15) is 10.8 Å². The monoisotopic (exact) mass is 249 g/mol. The van der Waals surface area contributed by atoms with Crippen molar-refractivity contribution in [3.8, 4) is 5.75 Å². The van der Waals surface area contributed by atoms with Crippen molar-refractivity contribution in [3.63, 3.8) is 0 Å². The summed E-state index contributed by atoms with van der Waals surface area (Å²) in [5.74, 6) is 0.682. The molecule has 3 N–H and O–H groups in total. The van der Waals surface area contributed by atoms with Crippen LogP contribution in [0.15, 0.2) is 29.8 Å². The number of ether oxygens (including phenoxy) is 1. The van der Waals surface area contributed by atoms with Crippen LogP contribution >= 0.6 is 11.3 Å². The molecule has 0 aliphatic carbocycles. The Bertz CT molecular complexity index is 485. The smallest absolute Gasteiger partial charge is 0.143 e. The molecule has 2 rings (SSSR count). The minimum Gasteiger partial charge on any atom is -0.495 e. The number of para-hydroxylation sites is 1. The van der Waals surface area contributed by atoms with Crippen LogP contribution in [0.2, 0.25) is 0 Å². The molecular weight excluding hydrogens is 234 g/mol. The first-order chi connectivity index (χ1) is 8.22. The molecule has 0 saturated carbocycles. The number of rotatable bonds is 4. The van der Waals surface area contributed by atoms with Gasteiger partial charge in [0, 0.05) is 11.6 Å². The Hall–Kier alpha value is -1.75. The highest BCUT2D eigenvalue weighted by Crippen LogP contribution is 2.31. The van der Waals surface area contributed by atoms with Crippen molar-refractivity contribution in [1.29, 1.82) is 0 Å². The topological polar surface area (TPSA) is 60.2 Å². The van der Waals surface area contributed by atoms with Crippen LogP contribution in [0.4, 0.5) is 11.4 Å². The molecule has 0 aliphatic rings. The fraction of sp³-hybridized carbons (Fsp3) is 0.250. The second kappa shape index (κ2) is 5.05. The maximum atomic E-state index is 5.99. The first-order valence-corrected chi connectivity index (χ1v) is 6.18. The van der Waals surface area contributed by atoms with Gasteiger partial charge in [-0.3, -0.25) is 0 Å². The van der Waals surface area contributed by atoms with Gasteiger partial charge in [-0.05, 0) is 19.1 Å². The third kappa shape index (κ3) is 2.50. The molecule has 0 saturated heterocycles. The standard InChI is InChI=1S/C12H15N3OS/c1-8(12-14-6-7-17-12)15-9-4-3-5-10(16-2)11(9)13/h3-8,15H,13H2,1-2H3. The van der Waals surface area contributed by atoms with Crippen molar-refractivity contribution in [2.24, 2.45) is 0 Å². The molecule has 0 bridgehead atoms. The largest absolute Gasteiger partial charge is 0.495 e. The summed E-state index contributed by atoms with van der Waals surface area (Å²) in [6.45, 7) is 2.05. The Morgan fingerprint density at radius 2 is 2.29 bits per heavy atom. The molecule has 0 radical (unpaired) electrons. The summed E-state index contributed by atoms with van der Waals surface area (Å²) in [6.07, 6.45) is 1.80. The van der Waals surface area contributed by atoms with Crippen LogP contribution in [0.1, 0.15) is 18.0 Å². The predicted molar refractivity (Wildman–Crippen MR) is 71.6 cm³/mol. The van der Waals surface area contributed by atoms with Crippen LogP contribution < -0.4 is 15.8 Å². The predicted octanol–water partition coefficient (Wildman–Crippen LogP) is 2.91. The van der Waals surface area contributed by atoms with Gasteiger partial charge in [-0.15, -0.1) is 11.3 Å². The molecule has 1 aromatic heterocycles. The highest BCUT2D eigenvalue weighted by Gasteiger charge is 2.11. The number of nitrogens with one attached hydrogen (secondary N) is 1. The number of anilines is 2. The molecule has 1 heterocycles. The summed E-state index contributed by atoms with van der Waals surface area (Å²) in [5, 5.41) is 6.33. The van der Waals surface area contributed by atoms with Crippen molar-refractivity contribution in [1.82, 2.24) is 4.98 Å². The lowest BCUT2D eigenvalue weighted by atomic mass is 10.2. The molecule has 0 spiro atoms. The first-order valence-electron chi connectivity index (χ1n) is 5.30. The van der Waals surface area contributed by atoms with Crippen LogP contribution in [0.25, 0.3) is 0 Å². The zero-order chi connectivity index (χ0) is 12.3. The summed E-state index contributed by atoms with van der Waals surface area (Å²) < 4.78 is 5.18. The van der Waals surface area contributed by atoms with E-state index in [0.717, 1.165) is 10.7 Å². The van der Waals surface area contributed by atoms with E-state index < -0.39 is 0 Å². The van der Waals surface area contributed by atoms with Crippen LogP contribution in [-0.4, -0.2) is 12.1 Å². The second-order valence-corrected chi connectivity index (χ2v) is 4.58. The number of hydrogen-bond donors (Lipinski definition) is 2. The molecule has 1 aromatic carbocycles. The van der Waals surface area contributed by atoms with Crippen molar-refractivity contribution in [2.45, 2.75) is 13.0 Å². The van der Waals surface area contributed by atoms with Crippen LogP contribution in [0.5, 0.6) is 5.75 Å². The minimum atomic E-state index is 0.129. The summed E-state index contributed by atoms with van der Waals surface area (Å²) in [6, 6.07) is 5.81. The fourth-order valence-corrected chi connectivity index (χ4v) is 2.24. The van der Waals surface area contributed by atoms with Crippen LogP contribution in [0.3, 0.4) is 0 Å². The van der Waals surface area contributed by atoms with E-state index in [1.807, 2.05) is 23.6 Å². The van der Waals surface area contributed by atoms with E-state index in [-0.39, 0.29) is 6.04 Å². The summed E-state index contributed by atoms with van der Waals surface area (Å²) >= 11 is 1.62. The molecule has 0 amide bonds. The van der Waals surface area contributed by atoms with Gasteiger partial charge in [0.2, 0.25) is 0 Å². The summed E-state index contributed by atoms with van der Waals surface area (Å²) in [5.41, 5.74) is 7.48. The number of nitrogen functional groups attached to an aromatic ring is 1. The molecule has 2 aromatic rings. The maximum absolute atomic E-state index is 5.99. The zero-order valence-electron chi connectivity index (χ0n) is 9.81. The molecule has 90 valence electrons. The second-order valence-electron chi connectivity index (χ2n) is 3.66. The highest BCUT2D eigenvalue weighted by atomic mass is 32.1. The maximum Gasteiger partial charge on any atom is 0.143 e. The van der Waals surface area contributed by atoms with Gasteiger partial charge >= 0.3 is 0 Å². The van der Waals surface area contributed by atoms with E-state index in [0.29, 0.717) is 11.4 Å². The number of methoxy groups -OCH3 is 1. The number of thiazole rings is 1. The fourth-order valence-electron chi connectivity index (χ4n) is 1.59. The van der Waals surface area contributed by atoms with Crippen LogP contribution in [-0.2, 0) is 0 Å². The van der Waals surface area contributed by atoms with Crippen LogP contribution in [0, 0.1) is 0 Å². The summed E-state index contributed by atoms with van der Waals surface area (Å²) in [7, 11) is 1.61. The molecule has 0 fully saturated rings. The normalized spacial score (nSPS) is 12.1. The van der Waals surface area contributed by atoms with Crippen molar-refractivity contribution in [3.05, 3.63) is 34.8 Å². The minimum absolute atomic E-state index is 0.129. The number of benzene rings is 1. The highest BCUT2D eigenvalue weighted by molar-refractivity contribution is 7.09. The van der Waals surface area contributed by atoms with Gasteiger partial charge in [-0.1, -0.05) is 6.07 Å². The Morgan fingerprint density at radius 3 is 2.94 bits per heavy atom. The van der Waals surface area contributed by atoms with Crippen molar-refractivity contribution in [2.75, 3.05) is 18.2 Å². The number of hydrogen-bond acceptors (Lipinski definition) is 5. The van der Waals surface area contributed by atoms with Gasteiger partial charge < -0.3 is 15.8 Å². The van der Waals surface area contributed by atoms with Gasteiger partial charge in [0.05, 0.1) is 24.5 Å². The van der Waals surface area contributed by atoms with E-state index in [4.69, 9.17) is 10.5 Å². The van der Waals surface area contributed by atoms with Crippen molar-refractivity contribution >= 4 is 22.7 Å². The molecule has 4 nitrogen and oxygen atoms in total. The SMILES string of the molecule is COc1cccc(NC(C)c2nccs2)c1N. The van der Waals surface area contributed by atoms with E-state index in [1.54, 1.807) is 24.6 Å². The number of nitrogens with zero attached hydrogens (tertiary/aromatic N) is 1. The van der Waals surface area contributed by atoms with Gasteiger partial charge in [0.25, 0.3) is 0 Å². The Labute approximate surface area is 104 Å². The van der Waals surface area contributed by atoms with Gasteiger partial charge in [-0.2, -0.15) is 0 Å². The van der Waals surface area contributed by atoms with E-state index >= 15 is 0 Å². The number of nitrogens with two attached hydrogens (primary N) is 1. The Morgan fingerprint density at radius 1 is 1.47 bits per heavy atom. The molecule has 1 atom stereocenters. The molecule has 17 heavy (non-hydrogen) atoms. The lowest BCUT2D eigenvalue weighted by Gasteiger charge is -2.16. The molecular formula is C12H15N3OS. The quantitative estimate of drug-likeness (QED) is 0.818. The third-order valence-corrected chi connectivity index (χ3v) is 3.44. The lowest BCUT2D eigenvalue weighted by Crippen LogP contribution is -2.08. The van der Waals surface area contributed by atoms with Crippen molar-refractivity contribution < 1.29 is 4.74 Å². The average Bonchev–Trinajstić information content (AvgIpc) is 2.85. The lowest BCUT2D eigenvalue weighted by molar-refractivity contribution is 0.417. The van der Waals surface area contributed by atoms with E-state index in [1.165, 1.54) is 0 Å². The zero-order valence-corrected chi connectivity index (χ0v) is 10.6.